The van der Waals surface area contributed by atoms with E-state index in [-0.39, 0.29) is 5.75 Å². The average molecular weight is 332 g/mol. The van der Waals surface area contributed by atoms with Gasteiger partial charge in [0.05, 0.1) is 12.4 Å². The smallest absolute Gasteiger partial charge is 0.218 e. The largest absolute Gasteiger partial charge is 0.381 e. The van der Waals surface area contributed by atoms with Gasteiger partial charge in [-0.2, -0.15) is 0 Å². The second kappa shape index (κ2) is 7.58. The highest BCUT2D eigenvalue weighted by molar-refractivity contribution is 7.88. The van der Waals surface area contributed by atoms with Gasteiger partial charge in [0, 0.05) is 24.7 Å². The van der Waals surface area contributed by atoms with Crippen LogP contribution in [0.5, 0.6) is 0 Å². The second-order valence-electron chi connectivity index (χ2n) is 5.44. The second-order valence-corrected chi connectivity index (χ2v) is 7.81. The number of ether oxygens (including phenoxy) is 1. The first-order valence-corrected chi connectivity index (χ1v) is 9.30. The van der Waals surface area contributed by atoms with Crippen LogP contribution in [0, 0.1) is 5.92 Å². The molecule has 0 amide bonds. The van der Waals surface area contributed by atoms with E-state index in [0.29, 0.717) is 36.2 Å². The fourth-order valence-electron chi connectivity index (χ4n) is 2.51. The summed E-state index contributed by atoms with van der Waals surface area (Å²) in [5.41, 5.74) is 0.656. The molecular weight excluding hydrogens is 310 g/mol. The Hall–Kier alpha value is -0.620. The van der Waals surface area contributed by atoms with Crippen molar-refractivity contribution in [2.45, 2.75) is 25.5 Å². The standard InChI is InChI=1S/C15H22ClNO3S/c1-2-8-17(10-13-7-9-20-11-13)21(18,19)12-14-5-3-4-6-15(14)16/h3-6,13H,2,7-12H2,1H3. The van der Waals surface area contributed by atoms with Crippen molar-refractivity contribution in [2.75, 3.05) is 26.3 Å². The molecule has 0 spiro atoms. The SMILES string of the molecule is CCCN(CC1CCOC1)S(=O)(=O)Cc1ccccc1Cl. The van der Waals surface area contributed by atoms with Crippen molar-refractivity contribution in [3.63, 3.8) is 0 Å². The molecule has 0 N–H and O–H groups in total. The number of benzene rings is 1. The molecule has 118 valence electrons. The highest BCUT2D eigenvalue weighted by Crippen LogP contribution is 2.22. The van der Waals surface area contributed by atoms with E-state index < -0.39 is 10.0 Å². The molecule has 6 heteroatoms. The molecule has 1 heterocycles. The maximum atomic E-state index is 12.7. The first kappa shape index (κ1) is 16.7. The summed E-state index contributed by atoms with van der Waals surface area (Å²) in [7, 11) is -3.35. The van der Waals surface area contributed by atoms with Gasteiger partial charge in [-0.1, -0.05) is 36.7 Å². The molecule has 2 rings (SSSR count). The molecule has 1 unspecified atom stereocenters. The summed E-state index contributed by atoms with van der Waals surface area (Å²) in [4.78, 5) is 0. The molecular formula is C15H22ClNO3S. The highest BCUT2D eigenvalue weighted by atomic mass is 35.5. The van der Waals surface area contributed by atoms with Gasteiger partial charge in [0.15, 0.2) is 0 Å². The maximum absolute atomic E-state index is 12.7. The van der Waals surface area contributed by atoms with E-state index in [4.69, 9.17) is 16.3 Å². The lowest BCUT2D eigenvalue weighted by molar-refractivity contribution is 0.180. The number of nitrogens with zero attached hydrogens (tertiary/aromatic N) is 1. The van der Waals surface area contributed by atoms with Crippen molar-refractivity contribution in [2.24, 2.45) is 5.92 Å². The zero-order chi connectivity index (χ0) is 15.3. The molecule has 1 aromatic rings. The van der Waals surface area contributed by atoms with Crippen LogP contribution in [0.15, 0.2) is 24.3 Å². The van der Waals surface area contributed by atoms with Crippen molar-refractivity contribution >= 4 is 21.6 Å². The van der Waals surface area contributed by atoms with Crippen molar-refractivity contribution in [3.05, 3.63) is 34.9 Å². The molecule has 0 saturated carbocycles. The van der Waals surface area contributed by atoms with Crippen molar-refractivity contribution in [1.82, 2.24) is 4.31 Å². The zero-order valence-electron chi connectivity index (χ0n) is 12.3. The van der Waals surface area contributed by atoms with Crippen LogP contribution in [-0.4, -0.2) is 39.0 Å². The van der Waals surface area contributed by atoms with Gasteiger partial charge in [-0.25, -0.2) is 12.7 Å². The third kappa shape index (κ3) is 4.68. The van der Waals surface area contributed by atoms with Crippen LogP contribution in [0.2, 0.25) is 5.02 Å². The van der Waals surface area contributed by atoms with Gasteiger partial charge >= 0.3 is 0 Å². The minimum atomic E-state index is -3.35. The molecule has 0 aliphatic carbocycles. The Morgan fingerprint density at radius 1 is 1.38 bits per heavy atom. The van der Waals surface area contributed by atoms with Crippen molar-refractivity contribution in [1.29, 1.82) is 0 Å². The van der Waals surface area contributed by atoms with Crippen LogP contribution >= 0.6 is 11.6 Å². The van der Waals surface area contributed by atoms with E-state index in [1.807, 2.05) is 13.0 Å². The highest BCUT2D eigenvalue weighted by Gasteiger charge is 2.27. The topological polar surface area (TPSA) is 46.6 Å². The monoisotopic (exact) mass is 331 g/mol. The van der Waals surface area contributed by atoms with Gasteiger partial charge < -0.3 is 4.74 Å². The molecule has 1 atom stereocenters. The third-order valence-corrected chi connectivity index (χ3v) is 5.81. The summed E-state index contributed by atoms with van der Waals surface area (Å²) in [5, 5.41) is 0.502. The molecule has 0 bridgehead atoms. The van der Waals surface area contributed by atoms with E-state index in [2.05, 4.69) is 0 Å². The molecule has 1 aliphatic rings. The number of halogens is 1. The fourth-order valence-corrected chi connectivity index (χ4v) is 4.52. The molecule has 0 radical (unpaired) electrons. The Morgan fingerprint density at radius 2 is 2.14 bits per heavy atom. The van der Waals surface area contributed by atoms with Crippen LogP contribution in [0.3, 0.4) is 0 Å². The summed E-state index contributed by atoms with van der Waals surface area (Å²) in [5.74, 6) is 0.262. The van der Waals surface area contributed by atoms with E-state index in [0.717, 1.165) is 19.4 Å². The van der Waals surface area contributed by atoms with Crippen LogP contribution in [-0.2, 0) is 20.5 Å². The molecule has 1 aromatic carbocycles. The predicted octanol–water partition coefficient (Wildman–Crippen LogP) is 2.92. The van der Waals surface area contributed by atoms with Gasteiger partial charge in [-0.15, -0.1) is 0 Å². The summed E-state index contributed by atoms with van der Waals surface area (Å²) in [6.45, 7) is 4.46. The quantitative estimate of drug-likeness (QED) is 0.771. The molecule has 1 aliphatic heterocycles. The summed E-state index contributed by atoms with van der Waals surface area (Å²) < 4.78 is 32.2. The first-order valence-electron chi connectivity index (χ1n) is 7.32. The average Bonchev–Trinajstić information content (AvgIpc) is 2.94. The lowest BCUT2D eigenvalue weighted by atomic mass is 10.1. The van der Waals surface area contributed by atoms with Crippen LogP contribution in [0.25, 0.3) is 0 Å². The molecule has 1 saturated heterocycles. The summed E-state index contributed by atoms with van der Waals surface area (Å²) >= 11 is 6.08. The van der Waals surface area contributed by atoms with E-state index in [1.54, 1.807) is 22.5 Å². The third-order valence-electron chi connectivity index (χ3n) is 3.65. The number of sulfonamides is 1. The normalized spacial score (nSPS) is 19.3. The van der Waals surface area contributed by atoms with E-state index in [9.17, 15) is 8.42 Å². The first-order chi connectivity index (χ1) is 10.0. The molecule has 1 fully saturated rings. The maximum Gasteiger partial charge on any atom is 0.218 e. The van der Waals surface area contributed by atoms with Gasteiger partial charge in [0.1, 0.15) is 0 Å². The molecule has 21 heavy (non-hydrogen) atoms. The van der Waals surface area contributed by atoms with Crippen LogP contribution in [0.4, 0.5) is 0 Å². The zero-order valence-corrected chi connectivity index (χ0v) is 13.9. The van der Waals surface area contributed by atoms with E-state index >= 15 is 0 Å². The Labute approximate surface area is 132 Å². The Kier molecular flexibility index (Phi) is 6.05. The fraction of sp³-hybridized carbons (Fsp3) is 0.600. The lowest BCUT2D eigenvalue weighted by Gasteiger charge is -2.24. The Bertz CT molecular complexity index is 556. The molecule has 0 aromatic heterocycles. The summed E-state index contributed by atoms with van der Waals surface area (Å²) in [6.07, 6.45) is 1.73. The van der Waals surface area contributed by atoms with Crippen molar-refractivity contribution in [3.8, 4) is 0 Å². The van der Waals surface area contributed by atoms with Gasteiger partial charge in [-0.3, -0.25) is 0 Å². The van der Waals surface area contributed by atoms with Gasteiger partial charge in [0.2, 0.25) is 10.0 Å². The van der Waals surface area contributed by atoms with Gasteiger partial charge in [0.25, 0.3) is 0 Å². The van der Waals surface area contributed by atoms with Crippen LogP contribution in [0.1, 0.15) is 25.3 Å². The lowest BCUT2D eigenvalue weighted by Crippen LogP contribution is -2.37. The Morgan fingerprint density at radius 3 is 2.76 bits per heavy atom. The van der Waals surface area contributed by atoms with Gasteiger partial charge in [-0.05, 0) is 30.4 Å². The summed E-state index contributed by atoms with van der Waals surface area (Å²) in [6, 6.07) is 7.11. The number of hydrogen-bond donors (Lipinski definition) is 0. The minimum Gasteiger partial charge on any atom is -0.381 e. The number of rotatable bonds is 7. The van der Waals surface area contributed by atoms with Crippen LogP contribution < -0.4 is 0 Å². The predicted molar refractivity (Wildman–Crippen MR) is 84.9 cm³/mol. The van der Waals surface area contributed by atoms with E-state index in [1.165, 1.54) is 0 Å². The van der Waals surface area contributed by atoms with Crippen molar-refractivity contribution < 1.29 is 13.2 Å². The Balaban J connectivity index is 2.11. The number of hydrogen-bond acceptors (Lipinski definition) is 3. The minimum absolute atomic E-state index is 0.0414. The molecule has 4 nitrogen and oxygen atoms in total.